The van der Waals surface area contributed by atoms with Gasteiger partial charge < -0.3 is 9.26 Å². The molecule has 1 aromatic carbocycles. The SMILES string of the molecule is COC(=O)[C@H](C)NP(=O)(OC[C@H]1O[C@@H](Cn2cc(C=CC=C(C)[XeH])c(=O)[nH]c2=O)C[C@H]1O)Oc1ccccc1. The molecule has 1 unspecified atom stereocenters. The van der Waals surface area contributed by atoms with E-state index in [0.717, 1.165) is 0.0410 Å². The zero-order chi connectivity index (χ0) is 28.6. The van der Waals surface area contributed by atoms with Crippen molar-refractivity contribution in [3.8, 4) is 5.75 Å². The van der Waals surface area contributed by atoms with Crippen LogP contribution in [0.5, 0.6) is 5.75 Å². The number of methoxy groups -OCH3 is 1. The van der Waals surface area contributed by atoms with Crippen molar-refractivity contribution in [2.75, 3.05) is 13.7 Å². The van der Waals surface area contributed by atoms with Gasteiger partial charge in [0.25, 0.3) is 0 Å². The number of hydrogen-bond donors (Lipinski definition) is 3. The molecule has 3 N–H and O–H groups in total. The molecule has 14 heteroatoms. The van der Waals surface area contributed by atoms with Gasteiger partial charge in [-0.2, -0.15) is 5.09 Å². The molecule has 1 aliphatic rings. The van der Waals surface area contributed by atoms with E-state index in [-0.39, 0.29) is 30.9 Å². The summed E-state index contributed by atoms with van der Waals surface area (Å²) in [6, 6.07) is 7.24. The van der Waals surface area contributed by atoms with Crippen LogP contribution >= 0.6 is 7.75 Å². The van der Waals surface area contributed by atoms with Gasteiger partial charge in [-0.3, -0.25) is 9.32 Å². The molecule has 1 saturated heterocycles. The molecule has 1 fully saturated rings. The van der Waals surface area contributed by atoms with Gasteiger partial charge in [-0.1, -0.05) is 18.2 Å². The van der Waals surface area contributed by atoms with Crippen LogP contribution < -0.4 is 20.9 Å². The second kappa shape index (κ2) is 14.8. The second-order valence-corrected chi connectivity index (χ2v) is 12.2. The number of H-pyrrole nitrogens is 1. The molecule has 1 aromatic heterocycles. The van der Waals surface area contributed by atoms with Gasteiger partial charge in [-0.25, -0.2) is 4.57 Å². The number of benzene rings is 1. The van der Waals surface area contributed by atoms with Crippen LogP contribution in [-0.2, 0) is 29.9 Å². The molecule has 39 heavy (non-hydrogen) atoms. The number of carbonyl (C=O) groups excluding carboxylic acids is 1. The summed E-state index contributed by atoms with van der Waals surface area (Å²) < 4.78 is 37.5. The molecule has 0 amide bonds. The maximum atomic E-state index is 13.5. The Morgan fingerprint density at radius 2 is 2.08 bits per heavy atom. The van der Waals surface area contributed by atoms with Crippen molar-refractivity contribution in [1.29, 1.82) is 0 Å². The number of ether oxygens (including phenoxy) is 2. The van der Waals surface area contributed by atoms with E-state index in [1.807, 2.05) is 13.0 Å². The van der Waals surface area contributed by atoms with Gasteiger partial charge in [0.2, 0.25) is 0 Å². The van der Waals surface area contributed by atoms with E-state index < -0.39 is 49.3 Å². The quantitative estimate of drug-likeness (QED) is 0.171. The number of esters is 1. The van der Waals surface area contributed by atoms with E-state index >= 15 is 0 Å². The van der Waals surface area contributed by atoms with Crippen molar-refractivity contribution in [1.82, 2.24) is 14.6 Å². The monoisotopic (exact) mass is 681 g/mol. The molecule has 0 radical (unpaired) electrons. The molecule has 2 heterocycles. The Hall–Kier alpha value is -1.71. The summed E-state index contributed by atoms with van der Waals surface area (Å²) in [5, 5.41) is 13.1. The molecular weight excluding hydrogens is 649 g/mol. The van der Waals surface area contributed by atoms with Gasteiger partial charge in [-0.05, 0) is 19.1 Å². The first-order chi connectivity index (χ1) is 18.5. The maximum absolute atomic E-state index is 13.5. The minimum absolute atomic E-state index is 0.0565. The first kappa shape index (κ1) is 31.8. The van der Waals surface area contributed by atoms with Crippen LogP contribution in [0.2, 0.25) is 0 Å². The Kier molecular flexibility index (Phi) is 12.1. The third-order valence-electron chi connectivity index (χ3n) is 5.63. The fourth-order valence-corrected chi connectivity index (χ4v) is 5.42. The Morgan fingerprint density at radius 1 is 1.36 bits per heavy atom. The fourth-order valence-electron chi connectivity index (χ4n) is 3.72. The zero-order valence-corrected chi connectivity index (χ0v) is 24.7. The summed E-state index contributed by atoms with van der Waals surface area (Å²) in [5.41, 5.74) is -0.849. The first-order valence-corrected chi connectivity index (χ1v) is 14.6. The Bertz CT molecular complexity index is 1350. The number of carbonyl (C=O) groups is 1. The minimum Gasteiger partial charge on any atom is -0.413 e. The fraction of sp³-hybridized carbons (Fsp3) is 0.400. The summed E-state index contributed by atoms with van der Waals surface area (Å²) in [6.45, 7) is 3.07. The van der Waals surface area contributed by atoms with Crippen molar-refractivity contribution in [3.63, 3.8) is 0 Å². The Morgan fingerprint density at radius 3 is 2.74 bits per heavy atom. The summed E-state index contributed by atoms with van der Waals surface area (Å²) in [5.74, 6) is -0.434. The molecule has 0 bridgehead atoms. The van der Waals surface area contributed by atoms with Crippen molar-refractivity contribution in [2.24, 2.45) is 0 Å². The average Bonchev–Trinajstić information content (AvgIpc) is 3.24. The smallest absolute Gasteiger partial charge is 0.413 e. The van der Waals surface area contributed by atoms with E-state index in [1.165, 1.54) is 24.8 Å². The predicted octanol–water partition coefficient (Wildman–Crippen LogP) is 1.61. The third-order valence-corrected chi connectivity index (χ3v) is 7.63. The zero-order valence-electron chi connectivity index (χ0n) is 21.6. The van der Waals surface area contributed by atoms with E-state index in [0.29, 0.717) is 0 Å². The molecule has 3 rings (SSSR count). The van der Waals surface area contributed by atoms with Crippen molar-refractivity contribution in [2.45, 2.75) is 51.2 Å². The van der Waals surface area contributed by atoms with E-state index in [1.54, 1.807) is 42.5 Å². The summed E-state index contributed by atoms with van der Waals surface area (Å²) in [6.07, 6.45) is 4.21. The average molecular weight is 681 g/mol. The molecule has 0 spiro atoms. The predicted molar refractivity (Wildman–Crippen MR) is 140 cm³/mol. The van der Waals surface area contributed by atoms with Gasteiger partial charge in [0.15, 0.2) is 0 Å². The number of rotatable bonds is 12. The minimum atomic E-state index is -4.12. The molecule has 214 valence electrons. The van der Waals surface area contributed by atoms with Crippen LogP contribution in [0.25, 0.3) is 6.08 Å². The van der Waals surface area contributed by atoms with Gasteiger partial charge in [-0.15, -0.1) is 0 Å². The van der Waals surface area contributed by atoms with Crippen LogP contribution in [0, 0.1) is 46.5 Å². The summed E-state index contributed by atoms with van der Waals surface area (Å²) in [4.78, 5) is 38.7. The number of aromatic amines is 1. The number of hydrogen-bond acceptors (Lipinski definition) is 9. The molecular formula is C25H32N3O9PXe. The molecule has 0 aliphatic carbocycles. The van der Waals surface area contributed by atoms with Crippen LogP contribution in [-0.4, -0.2) is 58.7 Å². The number of nitrogens with zero attached hydrogens (tertiary/aromatic N) is 1. The van der Waals surface area contributed by atoms with E-state index in [4.69, 9.17) is 13.8 Å². The Labute approximate surface area is 257 Å². The van der Waals surface area contributed by atoms with Crippen LogP contribution in [0.4, 0.5) is 0 Å². The number of aliphatic hydroxyl groups excluding tert-OH is 1. The van der Waals surface area contributed by atoms with Gasteiger partial charge in [0, 0.05) is 0 Å². The normalized spacial score (nSPS) is 22.0. The molecule has 12 nitrogen and oxygen atoms in total. The Balaban J connectivity index is 1.69. The van der Waals surface area contributed by atoms with Gasteiger partial charge in [0.05, 0.1) is 7.11 Å². The van der Waals surface area contributed by atoms with Crippen molar-refractivity contribution in [3.05, 3.63) is 75.1 Å². The van der Waals surface area contributed by atoms with Crippen molar-refractivity contribution >= 4 is 19.8 Å². The standard InChI is InChI=1S/C25H32N3O9PXe/c1-16(39)8-7-9-18-13-28(25(32)26-23(18)30)14-20-12-21(29)22(36-20)15-35-38(33,27-17(2)24(31)34-3)37-19-10-5-4-6-11-19/h4-11,13,17,20-22,29,39H,12,14-15H2,1-3H3,(H,27,33)(H,26,30,32)/t17-,20+,21+,22+,38?/m0/s1. The first-order valence-electron chi connectivity index (χ1n) is 12.0. The van der Waals surface area contributed by atoms with Crippen molar-refractivity contribution < 1.29 is 79.5 Å². The summed E-state index contributed by atoms with van der Waals surface area (Å²) in [7, 11) is -2.92. The number of nitrogens with one attached hydrogen (secondary N) is 2. The molecule has 2 aromatic rings. The number of aliphatic hydroxyl groups is 1. The van der Waals surface area contributed by atoms with Crippen LogP contribution in [0.15, 0.2) is 58.3 Å². The summed E-state index contributed by atoms with van der Waals surface area (Å²) >= 11 is 2.14. The van der Waals surface area contributed by atoms with E-state index in [2.05, 4.69) is 61.3 Å². The number of aromatic nitrogens is 2. The second-order valence-electron chi connectivity index (χ2n) is 8.78. The van der Waals surface area contributed by atoms with E-state index in [9.17, 15) is 24.1 Å². The third kappa shape index (κ3) is 9.71. The van der Waals surface area contributed by atoms with Gasteiger partial charge in [0.1, 0.15) is 11.8 Å². The van der Waals surface area contributed by atoms with Crippen LogP contribution in [0.3, 0.4) is 0 Å². The number of para-hydroxylation sites is 1. The topological polar surface area (TPSA) is 158 Å². The number of allylic oxidation sites excluding steroid dienone is 3. The van der Waals surface area contributed by atoms with Gasteiger partial charge >= 0.3 is 175 Å². The van der Waals surface area contributed by atoms with Crippen LogP contribution in [0.1, 0.15) is 25.8 Å². The molecule has 0 saturated carbocycles. The molecule has 5 atom stereocenters. The molecule has 1 aliphatic heterocycles.